The maximum absolute atomic E-state index is 12.8. The zero-order valence-corrected chi connectivity index (χ0v) is 16.0. The third kappa shape index (κ3) is 3.29. The van der Waals surface area contributed by atoms with E-state index in [1.54, 1.807) is 21.7 Å². The van der Waals surface area contributed by atoms with Crippen LogP contribution in [-0.4, -0.2) is 36.0 Å². The molecule has 1 aliphatic rings. The van der Waals surface area contributed by atoms with Crippen molar-refractivity contribution in [3.63, 3.8) is 0 Å². The summed E-state index contributed by atoms with van der Waals surface area (Å²) in [5.74, 6) is 0.943. The molecule has 0 saturated carbocycles. The number of nitrogens with zero attached hydrogens (tertiary/aromatic N) is 3. The number of aryl methyl sites for hydroxylation is 1. The van der Waals surface area contributed by atoms with Gasteiger partial charge in [0.1, 0.15) is 4.21 Å². The zero-order chi connectivity index (χ0) is 17.4. The van der Waals surface area contributed by atoms with Crippen LogP contribution in [0.3, 0.4) is 0 Å². The standard InChI is InChI=1S/C16H17N3O3S3/c1-11-4-5-14(24-11)25(20,21)19-7-2-3-12(9-19)15-17-18-16(22-15)13-6-8-23-10-13/h4-6,8,10,12H,2-3,7,9H2,1H3. The summed E-state index contributed by atoms with van der Waals surface area (Å²) < 4.78 is 33.4. The summed E-state index contributed by atoms with van der Waals surface area (Å²) in [6, 6.07) is 5.45. The number of hydrogen-bond donors (Lipinski definition) is 0. The van der Waals surface area contributed by atoms with Crippen LogP contribution in [0.5, 0.6) is 0 Å². The monoisotopic (exact) mass is 395 g/mol. The number of sulfonamides is 1. The van der Waals surface area contributed by atoms with E-state index in [0.717, 1.165) is 23.3 Å². The molecule has 6 nitrogen and oxygen atoms in total. The van der Waals surface area contributed by atoms with Gasteiger partial charge in [-0.15, -0.1) is 21.5 Å². The minimum Gasteiger partial charge on any atom is -0.420 e. The second kappa shape index (κ2) is 6.64. The van der Waals surface area contributed by atoms with Gasteiger partial charge < -0.3 is 4.42 Å². The molecule has 0 radical (unpaired) electrons. The zero-order valence-electron chi connectivity index (χ0n) is 13.6. The topological polar surface area (TPSA) is 76.3 Å². The molecule has 3 aromatic heterocycles. The molecule has 1 atom stereocenters. The van der Waals surface area contributed by atoms with Gasteiger partial charge in [0.25, 0.3) is 10.0 Å². The number of hydrogen-bond acceptors (Lipinski definition) is 7. The summed E-state index contributed by atoms with van der Waals surface area (Å²) in [4.78, 5) is 0.990. The van der Waals surface area contributed by atoms with Crippen molar-refractivity contribution in [2.75, 3.05) is 13.1 Å². The highest BCUT2D eigenvalue weighted by molar-refractivity contribution is 7.91. The van der Waals surface area contributed by atoms with Gasteiger partial charge >= 0.3 is 0 Å². The summed E-state index contributed by atoms with van der Waals surface area (Å²) in [5.41, 5.74) is 0.901. The van der Waals surface area contributed by atoms with Crippen molar-refractivity contribution in [2.45, 2.75) is 29.9 Å². The van der Waals surface area contributed by atoms with Gasteiger partial charge in [0.15, 0.2) is 0 Å². The molecule has 4 rings (SSSR count). The van der Waals surface area contributed by atoms with Crippen LogP contribution in [0.1, 0.15) is 29.5 Å². The van der Waals surface area contributed by atoms with Gasteiger partial charge in [-0.3, -0.25) is 0 Å². The average molecular weight is 396 g/mol. The van der Waals surface area contributed by atoms with E-state index in [1.165, 1.54) is 11.3 Å². The molecular weight excluding hydrogens is 378 g/mol. The van der Waals surface area contributed by atoms with Crippen LogP contribution >= 0.6 is 22.7 Å². The SMILES string of the molecule is Cc1ccc(S(=O)(=O)N2CCCC(c3nnc(-c4ccsc4)o3)C2)s1. The predicted molar refractivity (Wildman–Crippen MR) is 97.4 cm³/mol. The Balaban J connectivity index is 1.55. The van der Waals surface area contributed by atoms with Crippen molar-refractivity contribution in [1.29, 1.82) is 0 Å². The van der Waals surface area contributed by atoms with Crippen LogP contribution in [0.2, 0.25) is 0 Å². The first-order chi connectivity index (χ1) is 12.0. The van der Waals surface area contributed by atoms with Gasteiger partial charge in [-0.2, -0.15) is 15.6 Å². The minimum atomic E-state index is -3.45. The summed E-state index contributed by atoms with van der Waals surface area (Å²) in [7, 11) is -3.45. The van der Waals surface area contributed by atoms with Crippen LogP contribution in [0, 0.1) is 6.92 Å². The molecule has 4 heterocycles. The third-order valence-corrected chi connectivity index (χ3v) is 8.27. The van der Waals surface area contributed by atoms with Gasteiger partial charge in [-0.05, 0) is 43.3 Å². The summed E-state index contributed by atoms with van der Waals surface area (Å²) in [5, 5.41) is 12.2. The lowest BCUT2D eigenvalue weighted by Crippen LogP contribution is -2.38. The van der Waals surface area contributed by atoms with E-state index in [1.807, 2.05) is 29.8 Å². The molecule has 0 bridgehead atoms. The molecule has 1 fully saturated rings. The van der Waals surface area contributed by atoms with Gasteiger partial charge in [0.05, 0.1) is 5.92 Å². The molecule has 1 unspecified atom stereocenters. The van der Waals surface area contributed by atoms with E-state index in [-0.39, 0.29) is 5.92 Å². The highest BCUT2D eigenvalue weighted by Crippen LogP contribution is 2.33. The molecule has 3 aromatic rings. The quantitative estimate of drug-likeness (QED) is 0.673. The van der Waals surface area contributed by atoms with Crippen LogP contribution in [-0.2, 0) is 10.0 Å². The fourth-order valence-corrected chi connectivity index (χ4v) is 6.53. The molecule has 9 heteroatoms. The van der Waals surface area contributed by atoms with E-state index in [9.17, 15) is 8.42 Å². The van der Waals surface area contributed by atoms with Crippen LogP contribution < -0.4 is 0 Å². The molecule has 0 aliphatic carbocycles. The molecule has 25 heavy (non-hydrogen) atoms. The Kier molecular flexibility index (Phi) is 4.48. The van der Waals surface area contributed by atoms with E-state index in [2.05, 4.69) is 10.2 Å². The maximum Gasteiger partial charge on any atom is 0.252 e. The van der Waals surface area contributed by atoms with Gasteiger partial charge in [-0.25, -0.2) is 8.42 Å². The normalized spacial score (nSPS) is 19.3. The fourth-order valence-electron chi connectivity index (χ4n) is 2.94. The van der Waals surface area contributed by atoms with Crippen LogP contribution in [0.4, 0.5) is 0 Å². The Morgan fingerprint density at radius 2 is 2.16 bits per heavy atom. The third-order valence-electron chi connectivity index (χ3n) is 4.25. The van der Waals surface area contributed by atoms with Crippen molar-refractivity contribution in [2.24, 2.45) is 0 Å². The van der Waals surface area contributed by atoms with E-state index in [4.69, 9.17) is 4.42 Å². The Hall–Kier alpha value is -1.55. The van der Waals surface area contributed by atoms with E-state index < -0.39 is 10.0 Å². The highest BCUT2D eigenvalue weighted by atomic mass is 32.2. The predicted octanol–water partition coefficient (Wildman–Crippen LogP) is 3.74. The summed E-state index contributed by atoms with van der Waals surface area (Å²) in [6.45, 7) is 2.82. The second-order valence-corrected chi connectivity index (χ2v) is 10.3. The van der Waals surface area contributed by atoms with Gasteiger partial charge in [0.2, 0.25) is 11.8 Å². The molecule has 1 saturated heterocycles. The second-order valence-electron chi connectivity index (χ2n) is 6.02. The smallest absolute Gasteiger partial charge is 0.252 e. The van der Waals surface area contributed by atoms with Crippen molar-refractivity contribution in [1.82, 2.24) is 14.5 Å². The Bertz CT molecular complexity index is 960. The first kappa shape index (κ1) is 16.9. The Morgan fingerprint density at radius 1 is 1.28 bits per heavy atom. The molecule has 0 spiro atoms. The average Bonchev–Trinajstić information content (AvgIpc) is 3.35. The largest absolute Gasteiger partial charge is 0.420 e. The Morgan fingerprint density at radius 3 is 2.88 bits per heavy atom. The highest BCUT2D eigenvalue weighted by Gasteiger charge is 2.34. The number of thiophene rings is 2. The fraction of sp³-hybridized carbons (Fsp3) is 0.375. The molecule has 0 aromatic carbocycles. The first-order valence-corrected chi connectivity index (χ1v) is 11.2. The number of piperidine rings is 1. The molecule has 0 amide bonds. The maximum atomic E-state index is 12.8. The molecule has 132 valence electrons. The first-order valence-electron chi connectivity index (χ1n) is 7.96. The van der Waals surface area contributed by atoms with Crippen LogP contribution in [0.25, 0.3) is 11.5 Å². The lowest BCUT2D eigenvalue weighted by Gasteiger charge is -2.29. The van der Waals surface area contributed by atoms with Crippen molar-refractivity contribution in [3.8, 4) is 11.5 Å². The van der Waals surface area contributed by atoms with E-state index >= 15 is 0 Å². The van der Waals surface area contributed by atoms with Crippen molar-refractivity contribution in [3.05, 3.63) is 39.7 Å². The minimum absolute atomic E-state index is 0.0653. The van der Waals surface area contributed by atoms with E-state index in [0.29, 0.717) is 29.1 Å². The van der Waals surface area contributed by atoms with Gasteiger partial charge in [-0.1, -0.05) is 0 Å². The Labute approximate surface area is 154 Å². The van der Waals surface area contributed by atoms with Crippen LogP contribution in [0.15, 0.2) is 37.6 Å². The molecular formula is C16H17N3O3S3. The van der Waals surface area contributed by atoms with Gasteiger partial charge in [0, 0.05) is 28.9 Å². The van der Waals surface area contributed by atoms with Crippen molar-refractivity contribution >= 4 is 32.7 Å². The number of rotatable bonds is 4. The van der Waals surface area contributed by atoms with Crippen molar-refractivity contribution < 1.29 is 12.8 Å². The lowest BCUT2D eigenvalue weighted by atomic mass is 10.00. The summed E-state index contributed by atoms with van der Waals surface area (Å²) in [6.07, 6.45) is 1.63. The molecule has 1 aliphatic heterocycles. The number of aromatic nitrogens is 2. The summed E-state index contributed by atoms with van der Waals surface area (Å²) >= 11 is 2.88. The lowest BCUT2D eigenvalue weighted by molar-refractivity contribution is 0.286. The molecule has 0 N–H and O–H groups in total.